The Morgan fingerprint density at radius 1 is 0.970 bits per heavy atom. The molecule has 1 fully saturated rings. The van der Waals surface area contributed by atoms with E-state index in [1.165, 1.54) is 12.3 Å². The van der Waals surface area contributed by atoms with Gasteiger partial charge in [-0.25, -0.2) is 9.97 Å². The van der Waals surface area contributed by atoms with Gasteiger partial charge in [-0.05, 0) is 35.9 Å². The van der Waals surface area contributed by atoms with Crippen molar-refractivity contribution in [2.24, 2.45) is 0 Å². The highest BCUT2D eigenvalue weighted by molar-refractivity contribution is 6.31. The Morgan fingerprint density at radius 3 is 2.45 bits per heavy atom. The monoisotopic (exact) mass is 501 g/mol. The number of nitrogens with zero attached hydrogens (tertiary/aromatic N) is 4. The quantitative estimate of drug-likeness (QED) is 0.449. The molecular weight excluding hydrogens is 481 g/mol. The van der Waals surface area contributed by atoms with Crippen molar-refractivity contribution >= 4 is 58.3 Å². The average Bonchev–Trinajstić information content (AvgIpc) is 2.81. The molecule has 9 heteroatoms. The van der Waals surface area contributed by atoms with Crippen molar-refractivity contribution in [2.75, 3.05) is 42.9 Å². The van der Waals surface area contributed by atoms with Crippen LogP contribution in [0.5, 0.6) is 0 Å². The topological polar surface area (TPSA) is 61.4 Å². The Labute approximate surface area is 207 Å². The summed E-state index contributed by atoms with van der Waals surface area (Å²) in [7, 11) is 0. The lowest BCUT2D eigenvalue weighted by atomic mass is 10.2. The maximum atomic E-state index is 12.7. The molecule has 170 valence electrons. The van der Waals surface area contributed by atoms with E-state index in [-0.39, 0.29) is 11.1 Å². The van der Waals surface area contributed by atoms with Crippen molar-refractivity contribution < 1.29 is 4.79 Å². The molecule has 0 bridgehead atoms. The first-order valence-electron chi connectivity index (χ1n) is 10.5. The molecule has 1 N–H and O–H groups in total. The standard InChI is InChI=1S/C24H22Cl3N5O/c25-19-5-3-17(4-6-19)2-1-9-31-10-12-32(13-11-31)23-21(15-20(26)16-29-23)30-24(33)18-7-8-28-22(27)14-18/h1-8,14-16H,9-13H2,(H,30,33). The first kappa shape index (κ1) is 23.5. The van der Waals surface area contributed by atoms with Crippen molar-refractivity contribution in [1.82, 2.24) is 14.9 Å². The highest BCUT2D eigenvalue weighted by Gasteiger charge is 2.21. The van der Waals surface area contributed by atoms with Gasteiger partial charge >= 0.3 is 0 Å². The summed E-state index contributed by atoms with van der Waals surface area (Å²) in [6.45, 7) is 4.18. The van der Waals surface area contributed by atoms with Crippen molar-refractivity contribution in [3.63, 3.8) is 0 Å². The Kier molecular flexibility index (Phi) is 7.83. The smallest absolute Gasteiger partial charge is 0.255 e. The van der Waals surface area contributed by atoms with E-state index in [0.717, 1.165) is 43.3 Å². The number of carbonyl (C=O) groups is 1. The molecule has 0 atom stereocenters. The molecule has 1 amide bonds. The van der Waals surface area contributed by atoms with E-state index in [2.05, 4.69) is 37.2 Å². The highest BCUT2D eigenvalue weighted by atomic mass is 35.5. The maximum Gasteiger partial charge on any atom is 0.255 e. The van der Waals surface area contributed by atoms with E-state index < -0.39 is 0 Å². The van der Waals surface area contributed by atoms with Crippen LogP contribution in [0.15, 0.2) is 60.9 Å². The number of hydrogen-bond donors (Lipinski definition) is 1. The molecule has 1 aliphatic rings. The van der Waals surface area contributed by atoms with Crippen LogP contribution >= 0.6 is 34.8 Å². The second-order valence-corrected chi connectivity index (χ2v) is 8.85. The van der Waals surface area contributed by atoms with Crippen LogP contribution in [0.25, 0.3) is 6.08 Å². The third-order valence-corrected chi connectivity index (χ3v) is 5.95. The minimum atomic E-state index is -0.296. The summed E-state index contributed by atoms with van der Waals surface area (Å²) in [6.07, 6.45) is 7.35. The van der Waals surface area contributed by atoms with Crippen LogP contribution in [0.1, 0.15) is 15.9 Å². The van der Waals surface area contributed by atoms with Gasteiger partial charge in [-0.3, -0.25) is 9.69 Å². The number of piperazine rings is 1. The van der Waals surface area contributed by atoms with Crippen LogP contribution in [0.4, 0.5) is 11.5 Å². The minimum absolute atomic E-state index is 0.258. The molecule has 0 radical (unpaired) electrons. The summed E-state index contributed by atoms with van der Waals surface area (Å²) in [5.41, 5.74) is 2.11. The first-order valence-corrected chi connectivity index (χ1v) is 11.6. The van der Waals surface area contributed by atoms with Crippen molar-refractivity contribution in [3.8, 4) is 0 Å². The molecule has 4 rings (SSSR count). The van der Waals surface area contributed by atoms with Gasteiger partial charge in [0.05, 0.1) is 10.7 Å². The fourth-order valence-electron chi connectivity index (χ4n) is 3.57. The highest BCUT2D eigenvalue weighted by Crippen LogP contribution is 2.28. The lowest BCUT2D eigenvalue weighted by molar-refractivity contribution is 0.102. The number of carbonyl (C=O) groups excluding carboxylic acids is 1. The number of anilines is 2. The van der Waals surface area contributed by atoms with Gasteiger partial charge in [-0.1, -0.05) is 59.1 Å². The maximum absolute atomic E-state index is 12.7. The number of pyridine rings is 2. The van der Waals surface area contributed by atoms with Gasteiger partial charge in [0.2, 0.25) is 0 Å². The molecule has 1 aromatic carbocycles. The van der Waals surface area contributed by atoms with E-state index in [1.54, 1.807) is 18.3 Å². The Morgan fingerprint density at radius 2 is 1.73 bits per heavy atom. The molecule has 1 saturated heterocycles. The molecule has 33 heavy (non-hydrogen) atoms. The number of benzene rings is 1. The lowest BCUT2D eigenvalue weighted by Gasteiger charge is -2.35. The Bertz CT molecular complexity index is 1150. The van der Waals surface area contributed by atoms with Gasteiger partial charge in [-0.2, -0.15) is 0 Å². The summed E-state index contributed by atoms with van der Waals surface area (Å²) in [5.74, 6) is 0.403. The summed E-state index contributed by atoms with van der Waals surface area (Å²) < 4.78 is 0. The van der Waals surface area contributed by atoms with Crippen molar-refractivity contribution in [3.05, 3.63) is 87.3 Å². The third kappa shape index (κ3) is 6.45. The zero-order valence-electron chi connectivity index (χ0n) is 17.7. The van der Waals surface area contributed by atoms with Crippen molar-refractivity contribution in [1.29, 1.82) is 0 Å². The van der Waals surface area contributed by atoms with E-state index >= 15 is 0 Å². The number of hydrogen-bond acceptors (Lipinski definition) is 5. The van der Waals surface area contributed by atoms with Gasteiger partial charge in [-0.15, -0.1) is 0 Å². The summed E-state index contributed by atoms with van der Waals surface area (Å²) in [6, 6.07) is 12.6. The second kappa shape index (κ2) is 11.0. The summed E-state index contributed by atoms with van der Waals surface area (Å²) in [4.78, 5) is 25.6. The Balaban J connectivity index is 1.38. The normalized spacial score (nSPS) is 14.6. The van der Waals surface area contributed by atoms with E-state index in [9.17, 15) is 4.79 Å². The van der Waals surface area contributed by atoms with Crippen LogP contribution < -0.4 is 10.2 Å². The first-order chi connectivity index (χ1) is 16.0. The van der Waals surface area contributed by atoms with Crippen molar-refractivity contribution in [2.45, 2.75) is 0 Å². The zero-order chi connectivity index (χ0) is 23.2. The summed E-state index contributed by atoms with van der Waals surface area (Å²) >= 11 is 18.0. The Hall–Kier alpha value is -2.64. The van der Waals surface area contributed by atoms with Gasteiger partial charge in [0.25, 0.3) is 5.91 Å². The molecular formula is C24H22Cl3N5O. The second-order valence-electron chi connectivity index (χ2n) is 7.59. The number of halogens is 3. The SMILES string of the molecule is O=C(Nc1cc(Cl)cnc1N1CCN(CC=Cc2ccc(Cl)cc2)CC1)c1ccnc(Cl)c1. The van der Waals surface area contributed by atoms with E-state index in [1.807, 2.05) is 24.3 Å². The van der Waals surface area contributed by atoms with Crippen LogP contribution in [0, 0.1) is 0 Å². The van der Waals surface area contributed by atoms with Crippen LogP contribution in [0.3, 0.4) is 0 Å². The number of amides is 1. The van der Waals surface area contributed by atoms with Gasteiger partial charge in [0.15, 0.2) is 5.82 Å². The van der Waals surface area contributed by atoms with Gasteiger partial charge < -0.3 is 10.2 Å². The average molecular weight is 503 g/mol. The third-order valence-electron chi connectivity index (χ3n) is 5.29. The molecule has 0 aliphatic carbocycles. The number of aromatic nitrogens is 2. The molecule has 0 unspecified atom stereocenters. The molecule has 3 heterocycles. The number of rotatable bonds is 6. The molecule has 3 aromatic rings. The predicted molar refractivity (Wildman–Crippen MR) is 136 cm³/mol. The predicted octanol–water partition coefficient (Wildman–Crippen LogP) is 5.52. The molecule has 0 saturated carbocycles. The molecule has 0 spiro atoms. The van der Waals surface area contributed by atoms with E-state index in [0.29, 0.717) is 22.1 Å². The minimum Gasteiger partial charge on any atom is -0.352 e. The molecule has 1 aliphatic heterocycles. The largest absolute Gasteiger partial charge is 0.352 e. The van der Waals surface area contributed by atoms with E-state index in [4.69, 9.17) is 34.8 Å². The molecule has 6 nitrogen and oxygen atoms in total. The van der Waals surface area contributed by atoms with Gasteiger partial charge in [0.1, 0.15) is 5.15 Å². The lowest BCUT2D eigenvalue weighted by Crippen LogP contribution is -2.46. The van der Waals surface area contributed by atoms with Crippen LogP contribution in [-0.4, -0.2) is 53.5 Å². The summed E-state index contributed by atoms with van der Waals surface area (Å²) in [5, 5.41) is 4.36. The fourth-order valence-corrected chi connectivity index (χ4v) is 4.03. The zero-order valence-corrected chi connectivity index (χ0v) is 20.0. The van der Waals surface area contributed by atoms with Crippen LogP contribution in [0.2, 0.25) is 15.2 Å². The molecule has 2 aromatic heterocycles. The number of nitrogens with one attached hydrogen (secondary N) is 1. The van der Waals surface area contributed by atoms with Crippen LogP contribution in [-0.2, 0) is 0 Å². The van der Waals surface area contributed by atoms with Gasteiger partial charge in [0, 0.05) is 55.7 Å². The fraction of sp³-hybridized carbons (Fsp3) is 0.208.